The van der Waals surface area contributed by atoms with Crippen LogP contribution in [0.2, 0.25) is 0 Å². The molecule has 2 unspecified atom stereocenters. The van der Waals surface area contributed by atoms with Gasteiger partial charge in [0.25, 0.3) is 0 Å². The summed E-state index contributed by atoms with van der Waals surface area (Å²) < 4.78 is 0. The van der Waals surface area contributed by atoms with Gasteiger partial charge < -0.3 is 14.9 Å². The van der Waals surface area contributed by atoms with Gasteiger partial charge in [-0.3, -0.25) is 0 Å². The third-order valence-corrected chi connectivity index (χ3v) is 3.47. The van der Waals surface area contributed by atoms with Gasteiger partial charge in [0, 0.05) is 25.3 Å². The number of aliphatic hydroxyl groups is 1. The van der Waals surface area contributed by atoms with Gasteiger partial charge in [0.15, 0.2) is 0 Å². The second-order valence-corrected chi connectivity index (χ2v) is 4.98. The molecule has 1 fully saturated rings. The van der Waals surface area contributed by atoms with E-state index in [1.807, 2.05) is 12.1 Å². The number of nitrogens with zero attached hydrogens (tertiary/aromatic N) is 3. The topological polar surface area (TPSA) is 39.6 Å². The van der Waals surface area contributed by atoms with Gasteiger partial charge in [-0.15, -0.1) is 0 Å². The Morgan fingerprint density at radius 1 is 1.53 bits per heavy atom. The van der Waals surface area contributed by atoms with E-state index in [1.165, 1.54) is 6.42 Å². The fraction of sp³-hybridized carbons (Fsp3) is 0.615. The first-order valence-corrected chi connectivity index (χ1v) is 6.13. The number of pyridine rings is 1. The lowest BCUT2D eigenvalue weighted by molar-refractivity contribution is 0.199. The number of rotatable bonds is 3. The number of aliphatic hydroxyl groups excluding tert-OH is 1. The Labute approximate surface area is 103 Å². The number of hydrogen-bond acceptors (Lipinski definition) is 4. The first-order chi connectivity index (χ1) is 8.08. The molecule has 0 saturated carbocycles. The molecule has 1 aromatic rings. The number of hydrogen-bond donors (Lipinski definition) is 1. The first-order valence-electron chi connectivity index (χ1n) is 6.13. The second kappa shape index (κ2) is 5.02. The van der Waals surface area contributed by atoms with Gasteiger partial charge in [0.2, 0.25) is 0 Å². The Morgan fingerprint density at radius 3 is 2.88 bits per heavy atom. The van der Waals surface area contributed by atoms with Crippen molar-refractivity contribution in [3.63, 3.8) is 0 Å². The summed E-state index contributed by atoms with van der Waals surface area (Å²) in [5.41, 5.74) is 0.934. The summed E-state index contributed by atoms with van der Waals surface area (Å²) in [5, 5.41) is 9.58. The lowest BCUT2D eigenvalue weighted by atomic mass is 10.2. The van der Waals surface area contributed by atoms with E-state index in [9.17, 15) is 5.11 Å². The Kier molecular flexibility index (Phi) is 3.64. The summed E-state index contributed by atoms with van der Waals surface area (Å²) in [5.74, 6) is 0.979. The molecule has 0 spiro atoms. The van der Waals surface area contributed by atoms with Gasteiger partial charge >= 0.3 is 0 Å². The molecule has 0 aliphatic carbocycles. The minimum atomic E-state index is -0.427. The third-order valence-electron chi connectivity index (χ3n) is 3.47. The maximum atomic E-state index is 9.58. The minimum absolute atomic E-state index is 0.427. The SMILES string of the molecule is CC(O)c1ccnc(N2CCC(N(C)C)C2)c1. The van der Waals surface area contributed by atoms with E-state index in [0.29, 0.717) is 6.04 Å². The van der Waals surface area contributed by atoms with Crippen molar-refractivity contribution in [3.8, 4) is 0 Å². The molecule has 4 heteroatoms. The monoisotopic (exact) mass is 235 g/mol. The third kappa shape index (κ3) is 2.76. The van der Waals surface area contributed by atoms with Crippen molar-refractivity contribution in [2.45, 2.75) is 25.5 Å². The highest BCUT2D eigenvalue weighted by Crippen LogP contribution is 2.22. The average Bonchev–Trinajstić information content (AvgIpc) is 2.78. The quantitative estimate of drug-likeness (QED) is 0.856. The molecule has 0 aromatic carbocycles. The molecule has 1 aromatic heterocycles. The summed E-state index contributed by atoms with van der Waals surface area (Å²) in [7, 11) is 4.24. The molecule has 1 saturated heterocycles. The van der Waals surface area contributed by atoms with Crippen LogP contribution in [0.4, 0.5) is 5.82 Å². The zero-order valence-corrected chi connectivity index (χ0v) is 10.8. The minimum Gasteiger partial charge on any atom is -0.389 e. The molecular formula is C13H21N3O. The maximum absolute atomic E-state index is 9.58. The zero-order chi connectivity index (χ0) is 12.4. The summed E-state index contributed by atoms with van der Waals surface area (Å²) in [6.07, 6.45) is 2.53. The molecule has 2 heterocycles. The van der Waals surface area contributed by atoms with Crippen molar-refractivity contribution < 1.29 is 5.11 Å². The van der Waals surface area contributed by atoms with Gasteiger partial charge in [-0.05, 0) is 45.1 Å². The molecule has 1 N–H and O–H groups in total. The zero-order valence-electron chi connectivity index (χ0n) is 10.8. The summed E-state index contributed by atoms with van der Waals surface area (Å²) in [4.78, 5) is 8.94. The molecule has 1 aliphatic rings. The molecule has 2 atom stereocenters. The van der Waals surface area contributed by atoms with Crippen LogP contribution < -0.4 is 4.90 Å². The van der Waals surface area contributed by atoms with Gasteiger partial charge in [0.05, 0.1) is 6.10 Å². The lowest BCUT2D eigenvalue weighted by Crippen LogP contribution is -2.31. The maximum Gasteiger partial charge on any atom is 0.128 e. The van der Waals surface area contributed by atoms with Crippen molar-refractivity contribution in [2.75, 3.05) is 32.1 Å². The largest absolute Gasteiger partial charge is 0.389 e. The van der Waals surface area contributed by atoms with Crippen molar-refractivity contribution in [1.29, 1.82) is 0 Å². The van der Waals surface area contributed by atoms with Crippen LogP contribution in [0.5, 0.6) is 0 Å². The molecular weight excluding hydrogens is 214 g/mol. The second-order valence-electron chi connectivity index (χ2n) is 4.98. The first kappa shape index (κ1) is 12.3. The lowest BCUT2D eigenvalue weighted by Gasteiger charge is -2.21. The Hall–Kier alpha value is -1.13. The summed E-state index contributed by atoms with van der Waals surface area (Å²) >= 11 is 0. The van der Waals surface area contributed by atoms with E-state index in [1.54, 1.807) is 13.1 Å². The summed E-state index contributed by atoms with van der Waals surface area (Å²) in [6.45, 7) is 3.84. The van der Waals surface area contributed by atoms with Gasteiger partial charge in [-0.2, -0.15) is 0 Å². The van der Waals surface area contributed by atoms with E-state index < -0.39 is 6.10 Å². The van der Waals surface area contributed by atoms with Crippen molar-refractivity contribution >= 4 is 5.82 Å². The van der Waals surface area contributed by atoms with Crippen LogP contribution in [0, 0.1) is 0 Å². The van der Waals surface area contributed by atoms with E-state index in [0.717, 1.165) is 24.5 Å². The number of anilines is 1. The normalized spacial score (nSPS) is 22.2. The fourth-order valence-electron chi connectivity index (χ4n) is 2.24. The standard InChI is InChI=1S/C13H21N3O/c1-10(17)11-4-6-14-13(8-11)16-7-5-12(9-16)15(2)3/h4,6,8,10,12,17H,5,7,9H2,1-3H3. The molecule has 2 rings (SSSR count). The van der Waals surface area contributed by atoms with Crippen molar-refractivity contribution in [1.82, 2.24) is 9.88 Å². The average molecular weight is 235 g/mol. The molecule has 94 valence electrons. The molecule has 0 bridgehead atoms. The predicted molar refractivity (Wildman–Crippen MR) is 69.2 cm³/mol. The Morgan fingerprint density at radius 2 is 2.29 bits per heavy atom. The van der Waals surface area contributed by atoms with Crippen LogP contribution in [-0.4, -0.2) is 48.2 Å². The van der Waals surface area contributed by atoms with Crippen LogP contribution in [0.15, 0.2) is 18.3 Å². The molecule has 0 amide bonds. The molecule has 17 heavy (non-hydrogen) atoms. The van der Waals surface area contributed by atoms with Gasteiger partial charge in [0.1, 0.15) is 5.82 Å². The van der Waals surface area contributed by atoms with Crippen LogP contribution in [0.3, 0.4) is 0 Å². The number of likely N-dealkylation sites (N-methyl/N-ethyl adjacent to an activating group) is 1. The molecule has 0 radical (unpaired) electrons. The van der Waals surface area contributed by atoms with Crippen LogP contribution in [0.1, 0.15) is 25.0 Å². The fourth-order valence-corrected chi connectivity index (χ4v) is 2.24. The highest BCUT2D eigenvalue weighted by atomic mass is 16.3. The van der Waals surface area contributed by atoms with E-state index >= 15 is 0 Å². The Balaban J connectivity index is 2.11. The molecule has 4 nitrogen and oxygen atoms in total. The Bertz CT molecular complexity index is 379. The van der Waals surface area contributed by atoms with Crippen molar-refractivity contribution in [2.24, 2.45) is 0 Å². The van der Waals surface area contributed by atoms with Crippen LogP contribution in [0.25, 0.3) is 0 Å². The van der Waals surface area contributed by atoms with Gasteiger partial charge in [-0.25, -0.2) is 4.98 Å². The van der Waals surface area contributed by atoms with Crippen LogP contribution in [-0.2, 0) is 0 Å². The molecule has 1 aliphatic heterocycles. The smallest absolute Gasteiger partial charge is 0.128 e. The van der Waals surface area contributed by atoms with Crippen molar-refractivity contribution in [3.05, 3.63) is 23.9 Å². The number of aromatic nitrogens is 1. The highest BCUT2D eigenvalue weighted by Gasteiger charge is 2.24. The van der Waals surface area contributed by atoms with E-state index in [4.69, 9.17) is 0 Å². The highest BCUT2D eigenvalue weighted by molar-refractivity contribution is 5.43. The van der Waals surface area contributed by atoms with E-state index in [-0.39, 0.29) is 0 Å². The van der Waals surface area contributed by atoms with Gasteiger partial charge in [-0.1, -0.05) is 0 Å². The van der Waals surface area contributed by atoms with E-state index in [2.05, 4.69) is 28.9 Å². The summed E-state index contributed by atoms with van der Waals surface area (Å²) in [6, 6.07) is 4.46. The predicted octanol–water partition coefficient (Wildman–Crippen LogP) is 1.28. The van der Waals surface area contributed by atoms with Crippen LogP contribution >= 0.6 is 0 Å².